The van der Waals surface area contributed by atoms with E-state index < -0.39 is 0 Å². The molecule has 0 amide bonds. The summed E-state index contributed by atoms with van der Waals surface area (Å²) in [6.07, 6.45) is 0.622. The van der Waals surface area contributed by atoms with Gasteiger partial charge in [0.1, 0.15) is 0 Å². The number of hydrogen-bond acceptors (Lipinski definition) is 1. The molecule has 0 heterocycles. The maximum absolute atomic E-state index is 8.89. The molecular formula is C12H11N. The molecule has 13 heavy (non-hydrogen) atoms. The molecule has 0 aliphatic carbocycles. The molecule has 1 atom stereocenters. The lowest BCUT2D eigenvalue weighted by Gasteiger charge is -2.03. The Balaban J connectivity index is 2.78. The first kappa shape index (κ1) is 9.36. The molecular weight excluding hydrogens is 158 g/mol. The summed E-state index contributed by atoms with van der Waals surface area (Å²) in [6, 6.07) is 12.0. The Labute approximate surface area is 79.0 Å². The predicted octanol–water partition coefficient (Wildman–Crippen LogP) is 2.71. The molecule has 0 radical (unpaired) electrons. The van der Waals surface area contributed by atoms with Gasteiger partial charge in [-0.25, -0.2) is 0 Å². The Hall–Kier alpha value is -1.73. The van der Waals surface area contributed by atoms with Crippen LogP contribution >= 0.6 is 0 Å². The molecule has 0 aliphatic heterocycles. The van der Waals surface area contributed by atoms with Crippen molar-refractivity contribution in [2.24, 2.45) is 0 Å². The van der Waals surface area contributed by atoms with Crippen LogP contribution in [0.4, 0.5) is 0 Å². The molecule has 1 aromatic rings. The highest BCUT2D eigenvalue weighted by atomic mass is 14.3. The molecule has 0 aliphatic rings. The second kappa shape index (κ2) is 5.01. The number of nitrogens with zero attached hydrogens (tertiary/aromatic N) is 1. The van der Waals surface area contributed by atoms with Gasteiger partial charge >= 0.3 is 0 Å². The highest BCUT2D eigenvalue weighted by molar-refractivity contribution is 5.26. The van der Waals surface area contributed by atoms with Crippen LogP contribution in [0.3, 0.4) is 0 Å². The van der Waals surface area contributed by atoms with Crippen molar-refractivity contribution in [1.29, 1.82) is 5.26 Å². The molecule has 0 bridgehead atoms. The van der Waals surface area contributed by atoms with Gasteiger partial charge in [-0.15, -0.1) is 11.8 Å². The average molecular weight is 169 g/mol. The SMILES string of the molecule is CC#CCC(C#N)c1ccccc1. The number of rotatable bonds is 2. The van der Waals surface area contributed by atoms with Gasteiger partial charge in [0.05, 0.1) is 12.0 Å². The average Bonchev–Trinajstić information content (AvgIpc) is 2.21. The first-order valence-corrected chi connectivity index (χ1v) is 4.22. The van der Waals surface area contributed by atoms with Gasteiger partial charge in [-0.2, -0.15) is 5.26 Å². The van der Waals surface area contributed by atoms with Crippen molar-refractivity contribution in [3.63, 3.8) is 0 Å². The van der Waals surface area contributed by atoms with E-state index in [0.717, 1.165) is 5.56 Å². The van der Waals surface area contributed by atoms with Crippen LogP contribution in [0.15, 0.2) is 30.3 Å². The molecule has 1 unspecified atom stereocenters. The summed E-state index contributed by atoms with van der Waals surface area (Å²) in [5, 5.41) is 8.89. The first-order chi connectivity index (χ1) is 6.38. The number of nitriles is 1. The van der Waals surface area contributed by atoms with Crippen LogP contribution < -0.4 is 0 Å². The summed E-state index contributed by atoms with van der Waals surface area (Å²) in [7, 11) is 0. The lowest BCUT2D eigenvalue weighted by atomic mass is 9.98. The van der Waals surface area contributed by atoms with Crippen LogP contribution in [-0.4, -0.2) is 0 Å². The summed E-state index contributed by atoms with van der Waals surface area (Å²) in [6.45, 7) is 1.79. The summed E-state index contributed by atoms with van der Waals surface area (Å²) < 4.78 is 0. The minimum absolute atomic E-state index is 0.0892. The fraction of sp³-hybridized carbons (Fsp3) is 0.250. The molecule has 1 heteroatoms. The molecule has 64 valence electrons. The Kier molecular flexibility index (Phi) is 3.61. The zero-order valence-corrected chi connectivity index (χ0v) is 7.62. The van der Waals surface area contributed by atoms with Crippen molar-refractivity contribution < 1.29 is 0 Å². The largest absolute Gasteiger partial charge is 0.198 e. The minimum Gasteiger partial charge on any atom is -0.198 e. The van der Waals surface area contributed by atoms with E-state index >= 15 is 0 Å². The van der Waals surface area contributed by atoms with E-state index in [9.17, 15) is 0 Å². The van der Waals surface area contributed by atoms with Crippen LogP contribution in [0.5, 0.6) is 0 Å². The lowest BCUT2D eigenvalue weighted by molar-refractivity contribution is 0.896. The smallest absolute Gasteiger partial charge is 0.0821 e. The fourth-order valence-electron chi connectivity index (χ4n) is 1.13. The van der Waals surface area contributed by atoms with E-state index in [2.05, 4.69) is 17.9 Å². The molecule has 1 rings (SSSR count). The standard InChI is InChI=1S/C12H11N/c1-2-3-7-12(10-13)11-8-5-4-6-9-11/h4-6,8-9,12H,7H2,1H3. The minimum atomic E-state index is -0.0892. The van der Waals surface area contributed by atoms with E-state index in [1.807, 2.05) is 30.3 Å². The van der Waals surface area contributed by atoms with E-state index in [1.54, 1.807) is 6.92 Å². The predicted molar refractivity (Wildman–Crippen MR) is 52.9 cm³/mol. The second-order valence-electron chi connectivity index (χ2n) is 2.72. The molecule has 0 saturated heterocycles. The Morgan fingerprint density at radius 2 is 2.00 bits per heavy atom. The van der Waals surface area contributed by atoms with Gasteiger partial charge in [0.15, 0.2) is 0 Å². The number of benzene rings is 1. The first-order valence-electron chi connectivity index (χ1n) is 4.22. The highest BCUT2D eigenvalue weighted by Crippen LogP contribution is 2.17. The molecule has 0 spiro atoms. The van der Waals surface area contributed by atoms with E-state index in [-0.39, 0.29) is 5.92 Å². The van der Waals surface area contributed by atoms with Gasteiger partial charge in [-0.05, 0) is 12.5 Å². The van der Waals surface area contributed by atoms with Crippen LogP contribution in [-0.2, 0) is 0 Å². The van der Waals surface area contributed by atoms with Crippen LogP contribution in [0.2, 0.25) is 0 Å². The van der Waals surface area contributed by atoms with Crippen molar-refractivity contribution in [1.82, 2.24) is 0 Å². The van der Waals surface area contributed by atoms with Gasteiger partial charge < -0.3 is 0 Å². The second-order valence-corrected chi connectivity index (χ2v) is 2.72. The summed E-state index contributed by atoms with van der Waals surface area (Å²) in [5.74, 6) is 5.64. The molecule has 1 nitrogen and oxygen atoms in total. The third-order valence-electron chi connectivity index (χ3n) is 1.84. The topological polar surface area (TPSA) is 23.8 Å². The summed E-state index contributed by atoms with van der Waals surface area (Å²) in [4.78, 5) is 0. The van der Waals surface area contributed by atoms with Crippen molar-refractivity contribution in [3.8, 4) is 17.9 Å². The van der Waals surface area contributed by atoms with Crippen molar-refractivity contribution in [2.45, 2.75) is 19.3 Å². The summed E-state index contributed by atoms with van der Waals surface area (Å²) >= 11 is 0. The molecule has 0 fully saturated rings. The molecule has 0 aromatic heterocycles. The maximum atomic E-state index is 8.89. The highest BCUT2D eigenvalue weighted by Gasteiger charge is 2.06. The van der Waals surface area contributed by atoms with E-state index in [0.29, 0.717) is 6.42 Å². The van der Waals surface area contributed by atoms with Gasteiger partial charge in [0.2, 0.25) is 0 Å². The quantitative estimate of drug-likeness (QED) is 0.624. The Morgan fingerprint density at radius 1 is 1.31 bits per heavy atom. The van der Waals surface area contributed by atoms with Crippen LogP contribution in [0, 0.1) is 23.2 Å². The van der Waals surface area contributed by atoms with Gasteiger partial charge in [-0.1, -0.05) is 30.3 Å². The Morgan fingerprint density at radius 3 is 2.54 bits per heavy atom. The van der Waals surface area contributed by atoms with Crippen molar-refractivity contribution >= 4 is 0 Å². The monoisotopic (exact) mass is 169 g/mol. The third-order valence-corrected chi connectivity index (χ3v) is 1.84. The van der Waals surface area contributed by atoms with Crippen LogP contribution in [0.1, 0.15) is 24.8 Å². The molecule has 0 N–H and O–H groups in total. The maximum Gasteiger partial charge on any atom is 0.0821 e. The molecule has 1 aromatic carbocycles. The summed E-state index contributed by atoms with van der Waals surface area (Å²) in [5.41, 5.74) is 1.05. The van der Waals surface area contributed by atoms with E-state index in [4.69, 9.17) is 5.26 Å². The Bertz CT molecular complexity index is 348. The number of hydrogen-bond donors (Lipinski definition) is 0. The van der Waals surface area contributed by atoms with Gasteiger partial charge in [0, 0.05) is 6.42 Å². The fourth-order valence-corrected chi connectivity index (χ4v) is 1.13. The van der Waals surface area contributed by atoms with Crippen LogP contribution in [0.25, 0.3) is 0 Å². The lowest BCUT2D eigenvalue weighted by Crippen LogP contribution is -1.93. The van der Waals surface area contributed by atoms with Crippen molar-refractivity contribution in [2.75, 3.05) is 0 Å². The normalized spacial score (nSPS) is 10.8. The van der Waals surface area contributed by atoms with Gasteiger partial charge in [0.25, 0.3) is 0 Å². The van der Waals surface area contributed by atoms with E-state index in [1.165, 1.54) is 0 Å². The molecule has 0 saturated carbocycles. The zero-order chi connectivity index (χ0) is 9.52. The van der Waals surface area contributed by atoms with Crippen molar-refractivity contribution in [3.05, 3.63) is 35.9 Å². The zero-order valence-electron chi connectivity index (χ0n) is 7.62. The van der Waals surface area contributed by atoms with Gasteiger partial charge in [-0.3, -0.25) is 0 Å². The third kappa shape index (κ3) is 2.65.